The highest BCUT2D eigenvalue weighted by Crippen LogP contribution is 2.27. The molecule has 1 amide bonds. The van der Waals surface area contributed by atoms with Gasteiger partial charge in [-0.15, -0.1) is 10.2 Å². The minimum atomic E-state index is 0.0893. The maximum atomic E-state index is 13.0. The van der Waals surface area contributed by atoms with E-state index in [9.17, 15) is 4.79 Å². The van der Waals surface area contributed by atoms with Crippen LogP contribution >= 0.6 is 0 Å². The number of rotatable bonds is 5. The second-order valence-corrected chi connectivity index (χ2v) is 6.65. The average Bonchev–Trinajstić information content (AvgIpc) is 3.10. The van der Waals surface area contributed by atoms with E-state index in [1.807, 2.05) is 30.0 Å². The standard InChI is InChI=1S/C19H26N4O2/c1-4-9-23-13-20-21-18(23)15-6-5-10-22(12-15)19(24)17-8-7-16(25-3)11-14(17)2/h7-8,11,13,15H,4-6,9-10,12H2,1-3H3. The Bertz CT molecular complexity index is 741. The summed E-state index contributed by atoms with van der Waals surface area (Å²) in [4.78, 5) is 14.9. The Balaban J connectivity index is 1.77. The quantitative estimate of drug-likeness (QED) is 0.838. The molecule has 2 aromatic rings. The zero-order chi connectivity index (χ0) is 17.8. The summed E-state index contributed by atoms with van der Waals surface area (Å²) in [5.41, 5.74) is 1.69. The molecule has 25 heavy (non-hydrogen) atoms. The number of hydrogen-bond acceptors (Lipinski definition) is 4. The molecule has 1 aliphatic heterocycles. The first kappa shape index (κ1) is 17.5. The van der Waals surface area contributed by atoms with Crippen molar-refractivity contribution in [3.8, 4) is 5.75 Å². The van der Waals surface area contributed by atoms with Crippen LogP contribution in [0, 0.1) is 6.92 Å². The van der Waals surface area contributed by atoms with Crippen LogP contribution in [0.2, 0.25) is 0 Å². The number of aromatic nitrogens is 3. The molecule has 1 atom stereocenters. The summed E-state index contributed by atoms with van der Waals surface area (Å²) in [7, 11) is 1.64. The molecule has 1 aromatic heterocycles. The molecular weight excluding hydrogens is 316 g/mol. The van der Waals surface area contributed by atoms with E-state index >= 15 is 0 Å². The maximum Gasteiger partial charge on any atom is 0.254 e. The Hall–Kier alpha value is -2.37. The van der Waals surface area contributed by atoms with Crippen LogP contribution in [-0.2, 0) is 6.54 Å². The third-order valence-electron chi connectivity index (χ3n) is 4.85. The van der Waals surface area contributed by atoms with Gasteiger partial charge >= 0.3 is 0 Å². The number of ether oxygens (including phenoxy) is 1. The van der Waals surface area contributed by atoms with E-state index in [4.69, 9.17) is 4.74 Å². The minimum Gasteiger partial charge on any atom is -0.497 e. The third-order valence-corrected chi connectivity index (χ3v) is 4.85. The summed E-state index contributed by atoms with van der Waals surface area (Å²) in [6.45, 7) is 6.52. The molecule has 1 aliphatic rings. The highest BCUT2D eigenvalue weighted by atomic mass is 16.5. The van der Waals surface area contributed by atoms with Crippen LogP contribution in [0.25, 0.3) is 0 Å². The SMILES string of the molecule is CCCn1cnnc1C1CCCN(C(=O)c2ccc(OC)cc2C)C1. The molecule has 0 saturated carbocycles. The number of carbonyl (C=O) groups excluding carboxylic acids is 1. The van der Waals surface area contributed by atoms with E-state index in [-0.39, 0.29) is 11.8 Å². The lowest BCUT2D eigenvalue weighted by atomic mass is 9.96. The van der Waals surface area contributed by atoms with Gasteiger partial charge in [-0.25, -0.2) is 0 Å². The minimum absolute atomic E-state index is 0.0893. The smallest absolute Gasteiger partial charge is 0.254 e. The van der Waals surface area contributed by atoms with Crippen molar-refractivity contribution in [2.45, 2.75) is 45.6 Å². The summed E-state index contributed by atoms with van der Waals surface area (Å²) in [5, 5.41) is 8.40. The molecule has 1 aromatic carbocycles. The second-order valence-electron chi connectivity index (χ2n) is 6.65. The summed E-state index contributed by atoms with van der Waals surface area (Å²) in [6.07, 6.45) is 4.89. The van der Waals surface area contributed by atoms with Gasteiger partial charge in [-0.05, 0) is 49.9 Å². The number of aryl methyl sites for hydroxylation is 2. The number of likely N-dealkylation sites (tertiary alicyclic amines) is 1. The molecule has 6 nitrogen and oxygen atoms in total. The van der Waals surface area contributed by atoms with E-state index in [1.54, 1.807) is 13.4 Å². The van der Waals surface area contributed by atoms with Crippen LogP contribution in [-0.4, -0.2) is 45.8 Å². The Morgan fingerprint density at radius 1 is 1.40 bits per heavy atom. The van der Waals surface area contributed by atoms with Crippen molar-refractivity contribution in [3.63, 3.8) is 0 Å². The topological polar surface area (TPSA) is 60.2 Å². The summed E-state index contributed by atoms with van der Waals surface area (Å²) < 4.78 is 7.36. The number of methoxy groups -OCH3 is 1. The molecule has 0 N–H and O–H groups in total. The summed E-state index contributed by atoms with van der Waals surface area (Å²) in [5.74, 6) is 2.13. The van der Waals surface area contributed by atoms with E-state index in [2.05, 4.69) is 21.7 Å². The monoisotopic (exact) mass is 342 g/mol. The van der Waals surface area contributed by atoms with Crippen molar-refractivity contribution >= 4 is 5.91 Å². The maximum absolute atomic E-state index is 13.0. The fourth-order valence-corrected chi connectivity index (χ4v) is 3.54. The Labute approximate surface area is 148 Å². The van der Waals surface area contributed by atoms with Gasteiger partial charge in [0.15, 0.2) is 0 Å². The number of carbonyl (C=O) groups is 1. The largest absolute Gasteiger partial charge is 0.497 e. The van der Waals surface area contributed by atoms with Gasteiger partial charge in [0, 0.05) is 31.1 Å². The van der Waals surface area contributed by atoms with Gasteiger partial charge in [-0.3, -0.25) is 4.79 Å². The molecule has 6 heteroatoms. The predicted octanol–water partition coefficient (Wildman–Crippen LogP) is 3.02. The number of piperidine rings is 1. The normalized spacial score (nSPS) is 17.6. The summed E-state index contributed by atoms with van der Waals surface area (Å²) >= 11 is 0. The zero-order valence-electron chi connectivity index (χ0n) is 15.2. The highest BCUT2D eigenvalue weighted by molar-refractivity contribution is 5.96. The van der Waals surface area contributed by atoms with E-state index < -0.39 is 0 Å². The summed E-state index contributed by atoms with van der Waals surface area (Å²) in [6, 6.07) is 5.62. The Kier molecular flexibility index (Phi) is 5.36. The first-order valence-corrected chi connectivity index (χ1v) is 8.95. The van der Waals surface area contributed by atoms with Crippen LogP contribution in [0.1, 0.15) is 53.8 Å². The highest BCUT2D eigenvalue weighted by Gasteiger charge is 2.29. The number of amides is 1. The van der Waals surface area contributed by atoms with Crippen molar-refractivity contribution < 1.29 is 9.53 Å². The van der Waals surface area contributed by atoms with Gasteiger partial charge in [0.2, 0.25) is 0 Å². The molecule has 134 valence electrons. The molecule has 3 rings (SSSR count). The zero-order valence-corrected chi connectivity index (χ0v) is 15.2. The molecule has 1 fully saturated rings. The third kappa shape index (κ3) is 3.67. The molecule has 0 bridgehead atoms. The second kappa shape index (κ2) is 7.68. The molecule has 1 saturated heterocycles. The lowest BCUT2D eigenvalue weighted by Crippen LogP contribution is -2.40. The molecular formula is C19H26N4O2. The van der Waals surface area contributed by atoms with Gasteiger partial charge in [0.05, 0.1) is 7.11 Å². The van der Waals surface area contributed by atoms with Crippen molar-refractivity contribution in [3.05, 3.63) is 41.5 Å². The molecule has 0 spiro atoms. The van der Waals surface area contributed by atoms with Crippen molar-refractivity contribution in [1.29, 1.82) is 0 Å². The molecule has 0 aliphatic carbocycles. The predicted molar refractivity (Wildman–Crippen MR) is 95.9 cm³/mol. The van der Waals surface area contributed by atoms with E-state index in [0.29, 0.717) is 6.54 Å². The van der Waals surface area contributed by atoms with Crippen LogP contribution in [0.4, 0.5) is 0 Å². The Morgan fingerprint density at radius 3 is 2.96 bits per heavy atom. The number of benzene rings is 1. The van der Waals surface area contributed by atoms with Crippen LogP contribution in [0.5, 0.6) is 5.75 Å². The van der Waals surface area contributed by atoms with Crippen molar-refractivity contribution in [2.24, 2.45) is 0 Å². The van der Waals surface area contributed by atoms with E-state index in [0.717, 1.165) is 55.1 Å². The lowest BCUT2D eigenvalue weighted by Gasteiger charge is -2.32. The van der Waals surface area contributed by atoms with Gasteiger partial charge < -0.3 is 14.2 Å². The van der Waals surface area contributed by atoms with Crippen LogP contribution < -0.4 is 4.74 Å². The molecule has 1 unspecified atom stereocenters. The van der Waals surface area contributed by atoms with E-state index in [1.165, 1.54) is 0 Å². The number of nitrogens with zero attached hydrogens (tertiary/aromatic N) is 4. The molecule has 2 heterocycles. The number of hydrogen-bond donors (Lipinski definition) is 0. The Morgan fingerprint density at radius 2 is 2.24 bits per heavy atom. The van der Waals surface area contributed by atoms with Crippen LogP contribution in [0.3, 0.4) is 0 Å². The van der Waals surface area contributed by atoms with Crippen molar-refractivity contribution in [1.82, 2.24) is 19.7 Å². The van der Waals surface area contributed by atoms with Gasteiger partial charge in [-0.2, -0.15) is 0 Å². The first-order chi connectivity index (χ1) is 12.1. The van der Waals surface area contributed by atoms with Crippen LogP contribution in [0.15, 0.2) is 24.5 Å². The van der Waals surface area contributed by atoms with Gasteiger partial charge in [-0.1, -0.05) is 6.92 Å². The lowest BCUT2D eigenvalue weighted by molar-refractivity contribution is 0.0702. The fourth-order valence-electron chi connectivity index (χ4n) is 3.54. The fraction of sp³-hybridized carbons (Fsp3) is 0.526. The average molecular weight is 342 g/mol. The first-order valence-electron chi connectivity index (χ1n) is 8.95. The van der Waals surface area contributed by atoms with Crippen molar-refractivity contribution in [2.75, 3.05) is 20.2 Å². The van der Waals surface area contributed by atoms with Gasteiger partial charge in [0.25, 0.3) is 5.91 Å². The van der Waals surface area contributed by atoms with Gasteiger partial charge in [0.1, 0.15) is 17.9 Å². The molecule has 0 radical (unpaired) electrons.